The molecule has 1 aromatic carbocycles. The van der Waals surface area contributed by atoms with E-state index in [2.05, 4.69) is 10.6 Å². The first-order valence-corrected chi connectivity index (χ1v) is 9.28. The Morgan fingerprint density at radius 2 is 2.00 bits per heavy atom. The Morgan fingerprint density at radius 1 is 1.26 bits per heavy atom. The van der Waals surface area contributed by atoms with Crippen molar-refractivity contribution in [3.05, 3.63) is 18.2 Å². The van der Waals surface area contributed by atoms with Crippen molar-refractivity contribution >= 4 is 11.8 Å². The van der Waals surface area contributed by atoms with Gasteiger partial charge in [-0.3, -0.25) is 9.59 Å². The van der Waals surface area contributed by atoms with Crippen molar-refractivity contribution in [1.29, 1.82) is 0 Å². The van der Waals surface area contributed by atoms with E-state index >= 15 is 0 Å². The summed E-state index contributed by atoms with van der Waals surface area (Å²) in [6, 6.07) is 4.62. The molecule has 2 amide bonds. The van der Waals surface area contributed by atoms with E-state index in [1.807, 2.05) is 0 Å². The molecule has 27 heavy (non-hydrogen) atoms. The lowest BCUT2D eigenvalue weighted by molar-refractivity contribution is -0.129. The fourth-order valence-electron chi connectivity index (χ4n) is 3.45. The molecular weight excluding hydrogens is 352 g/mol. The molecular formula is C19H26N2O6. The lowest BCUT2D eigenvalue weighted by Gasteiger charge is -2.24. The second kappa shape index (κ2) is 8.94. The molecule has 0 saturated heterocycles. The van der Waals surface area contributed by atoms with E-state index in [9.17, 15) is 14.7 Å². The van der Waals surface area contributed by atoms with Gasteiger partial charge in [-0.05, 0) is 30.9 Å². The fraction of sp³-hybridized carbons (Fsp3) is 0.579. The number of hydrogen-bond acceptors (Lipinski definition) is 6. The van der Waals surface area contributed by atoms with Crippen molar-refractivity contribution in [2.24, 2.45) is 5.92 Å². The molecule has 8 heteroatoms. The van der Waals surface area contributed by atoms with E-state index in [0.717, 1.165) is 25.7 Å². The highest BCUT2D eigenvalue weighted by Gasteiger charge is 2.31. The van der Waals surface area contributed by atoms with E-state index in [1.165, 1.54) is 6.92 Å². The zero-order valence-corrected chi connectivity index (χ0v) is 15.4. The van der Waals surface area contributed by atoms with Gasteiger partial charge in [0.2, 0.25) is 18.6 Å². The summed E-state index contributed by atoms with van der Waals surface area (Å²) in [5, 5.41) is 15.6. The molecule has 2 unspecified atom stereocenters. The zero-order chi connectivity index (χ0) is 19.2. The quantitative estimate of drug-likeness (QED) is 0.622. The van der Waals surface area contributed by atoms with E-state index in [-0.39, 0.29) is 37.7 Å². The van der Waals surface area contributed by atoms with Gasteiger partial charge >= 0.3 is 0 Å². The number of hydrogen-bond donors (Lipinski definition) is 3. The third-order valence-electron chi connectivity index (χ3n) is 4.81. The van der Waals surface area contributed by atoms with Gasteiger partial charge in [-0.2, -0.15) is 0 Å². The summed E-state index contributed by atoms with van der Waals surface area (Å²) < 4.78 is 16.1. The summed E-state index contributed by atoms with van der Waals surface area (Å²) in [7, 11) is 0. The van der Waals surface area contributed by atoms with Crippen molar-refractivity contribution in [3.8, 4) is 17.2 Å². The zero-order valence-electron chi connectivity index (χ0n) is 15.4. The van der Waals surface area contributed by atoms with Crippen LogP contribution >= 0.6 is 0 Å². The Bertz CT molecular complexity index is 674. The topological polar surface area (TPSA) is 106 Å². The third kappa shape index (κ3) is 5.26. The maximum Gasteiger partial charge on any atom is 0.242 e. The number of benzene rings is 1. The molecule has 3 rings (SSSR count). The van der Waals surface area contributed by atoms with Crippen molar-refractivity contribution in [1.82, 2.24) is 10.6 Å². The van der Waals surface area contributed by atoms with Crippen molar-refractivity contribution in [3.63, 3.8) is 0 Å². The molecule has 1 aliphatic heterocycles. The number of carbonyl (C=O) groups excluding carboxylic acids is 2. The Morgan fingerprint density at radius 3 is 2.74 bits per heavy atom. The van der Waals surface area contributed by atoms with Crippen LogP contribution in [0.15, 0.2) is 18.2 Å². The average Bonchev–Trinajstić information content (AvgIpc) is 3.33. The van der Waals surface area contributed by atoms with Crippen LogP contribution in [0.2, 0.25) is 0 Å². The number of fused-ring (bicyclic) bond motifs is 1. The predicted octanol–water partition coefficient (Wildman–Crippen LogP) is 0.966. The van der Waals surface area contributed by atoms with Crippen LogP contribution in [-0.4, -0.2) is 49.0 Å². The van der Waals surface area contributed by atoms with Gasteiger partial charge in [-0.15, -0.1) is 0 Å². The SMILES string of the molecule is CC(=O)NC(C(=O)NCC(O)COc1ccc2c(c1)OCO2)C1CCCC1. The van der Waals surface area contributed by atoms with E-state index in [4.69, 9.17) is 14.2 Å². The van der Waals surface area contributed by atoms with Crippen molar-refractivity contribution in [2.45, 2.75) is 44.8 Å². The smallest absolute Gasteiger partial charge is 0.242 e. The van der Waals surface area contributed by atoms with E-state index in [1.54, 1.807) is 18.2 Å². The minimum absolute atomic E-state index is 0.0220. The summed E-state index contributed by atoms with van der Waals surface area (Å²) in [6.07, 6.45) is 3.11. The van der Waals surface area contributed by atoms with Gasteiger partial charge in [0.1, 0.15) is 24.5 Å². The van der Waals surface area contributed by atoms with Crippen LogP contribution < -0.4 is 24.8 Å². The molecule has 1 saturated carbocycles. The number of rotatable bonds is 8. The number of nitrogens with one attached hydrogen (secondary N) is 2. The lowest BCUT2D eigenvalue weighted by Crippen LogP contribution is -2.51. The van der Waals surface area contributed by atoms with Crippen molar-refractivity contribution in [2.75, 3.05) is 19.9 Å². The summed E-state index contributed by atoms with van der Waals surface area (Å²) in [6.45, 7) is 1.66. The highest BCUT2D eigenvalue weighted by molar-refractivity contribution is 5.87. The minimum atomic E-state index is -0.874. The normalized spacial score (nSPS) is 18.0. The van der Waals surface area contributed by atoms with Crippen LogP contribution in [0.1, 0.15) is 32.6 Å². The standard InChI is InChI=1S/C19H26N2O6/c1-12(22)21-18(13-4-2-3-5-13)19(24)20-9-14(23)10-25-15-6-7-16-17(8-15)27-11-26-16/h6-8,13-14,18,23H,2-5,9-11H2,1H3,(H,20,24)(H,21,22). The third-order valence-corrected chi connectivity index (χ3v) is 4.81. The first-order chi connectivity index (χ1) is 13.0. The summed E-state index contributed by atoms with van der Waals surface area (Å²) in [5.74, 6) is 1.46. The fourth-order valence-corrected chi connectivity index (χ4v) is 3.45. The van der Waals surface area contributed by atoms with Crippen LogP contribution in [0.3, 0.4) is 0 Å². The maximum absolute atomic E-state index is 12.5. The highest BCUT2D eigenvalue weighted by atomic mass is 16.7. The van der Waals surface area contributed by atoms with Crippen LogP contribution in [-0.2, 0) is 9.59 Å². The maximum atomic E-state index is 12.5. The van der Waals surface area contributed by atoms with Crippen LogP contribution in [0.4, 0.5) is 0 Å². The van der Waals surface area contributed by atoms with Crippen LogP contribution in [0.25, 0.3) is 0 Å². The predicted molar refractivity (Wildman–Crippen MR) is 96.6 cm³/mol. The summed E-state index contributed by atoms with van der Waals surface area (Å²) >= 11 is 0. The van der Waals surface area contributed by atoms with E-state index in [0.29, 0.717) is 17.2 Å². The van der Waals surface area contributed by atoms with Gasteiger partial charge in [-0.25, -0.2) is 0 Å². The van der Waals surface area contributed by atoms with Crippen LogP contribution in [0, 0.1) is 5.92 Å². The molecule has 1 heterocycles. The molecule has 2 atom stereocenters. The number of ether oxygens (including phenoxy) is 3. The number of aliphatic hydroxyl groups excluding tert-OH is 1. The molecule has 8 nitrogen and oxygen atoms in total. The molecule has 3 N–H and O–H groups in total. The monoisotopic (exact) mass is 378 g/mol. The van der Waals surface area contributed by atoms with Gasteiger partial charge in [0.15, 0.2) is 11.5 Å². The average molecular weight is 378 g/mol. The van der Waals surface area contributed by atoms with E-state index < -0.39 is 12.1 Å². The van der Waals surface area contributed by atoms with Gasteiger partial charge in [0.05, 0.1) is 0 Å². The molecule has 0 radical (unpaired) electrons. The molecule has 2 aliphatic rings. The first-order valence-electron chi connectivity index (χ1n) is 9.28. The molecule has 1 fully saturated rings. The summed E-state index contributed by atoms with van der Waals surface area (Å²) in [4.78, 5) is 23.9. The molecule has 148 valence electrons. The lowest BCUT2D eigenvalue weighted by atomic mass is 9.97. The molecule has 0 aromatic heterocycles. The molecule has 0 spiro atoms. The van der Waals surface area contributed by atoms with Gasteiger partial charge in [0, 0.05) is 19.5 Å². The first kappa shape index (κ1) is 19.3. The summed E-state index contributed by atoms with van der Waals surface area (Å²) in [5.41, 5.74) is 0. The molecule has 1 aromatic rings. The second-order valence-electron chi connectivity index (χ2n) is 6.95. The Hall–Kier alpha value is -2.48. The molecule has 0 bridgehead atoms. The Balaban J connectivity index is 1.45. The highest BCUT2D eigenvalue weighted by Crippen LogP contribution is 2.35. The largest absolute Gasteiger partial charge is 0.491 e. The van der Waals surface area contributed by atoms with Gasteiger partial charge in [0.25, 0.3) is 0 Å². The van der Waals surface area contributed by atoms with Gasteiger partial charge < -0.3 is 30.0 Å². The number of aliphatic hydroxyl groups is 1. The minimum Gasteiger partial charge on any atom is -0.491 e. The number of amides is 2. The number of carbonyl (C=O) groups is 2. The van der Waals surface area contributed by atoms with Crippen LogP contribution in [0.5, 0.6) is 17.2 Å². The van der Waals surface area contributed by atoms with Crippen molar-refractivity contribution < 1.29 is 28.9 Å². The molecule has 1 aliphatic carbocycles. The second-order valence-corrected chi connectivity index (χ2v) is 6.95. The van der Waals surface area contributed by atoms with Gasteiger partial charge in [-0.1, -0.05) is 12.8 Å². The Labute approximate surface area is 158 Å². The Kier molecular flexibility index (Phi) is 6.39.